The number of nitrogens with zero attached hydrogens (tertiary/aromatic N) is 3. The Balaban J connectivity index is 0.000000153. The minimum Gasteiger partial charge on any atom is -0.453 e. The van der Waals surface area contributed by atoms with Gasteiger partial charge in [-0.05, 0) is 127 Å². The molecule has 0 aliphatic carbocycles. The first-order valence-corrected chi connectivity index (χ1v) is 20.1. The fourth-order valence-electron chi connectivity index (χ4n) is 6.38. The molecule has 0 radical (unpaired) electrons. The summed E-state index contributed by atoms with van der Waals surface area (Å²) in [6.07, 6.45) is -1.94. The Labute approximate surface area is 387 Å². The molecule has 3 aromatic heterocycles. The van der Waals surface area contributed by atoms with Gasteiger partial charge in [0.2, 0.25) is 17.8 Å². The van der Waals surface area contributed by atoms with Gasteiger partial charge in [0.25, 0.3) is 0 Å². The zero-order valence-electron chi connectivity index (χ0n) is 36.3. The molecule has 3 amide bonds. The molecule has 0 saturated heterocycles. The van der Waals surface area contributed by atoms with Gasteiger partial charge in [0, 0.05) is 33.4 Å². The second-order valence-corrected chi connectivity index (χ2v) is 14.3. The van der Waals surface area contributed by atoms with E-state index < -0.39 is 35.7 Å². The van der Waals surface area contributed by atoms with Crippen molar-refractivity contribution in [1.82, 2.24) is 29.9 Å². The lowest BCUT2D eigenvalue weighted by Gasteiger charge is -2.01. The number of amides is 3. The van der Waals surface area contributed by atoms with E-state index in [2.05, 4.69) is 60.1 Å². The number of nitrogens with one attached hydrogen (secondary N) is 6. The van der Waals surface area contributed by atoms with Crippen molar-refractivity contribution in [2.24, 2.45) is 0 Å². The number of methoxy groups -OCH3 is 3. The SMILES string of the molecule is COC(=O)Nc1nc2ccc(C(=O)c3ccc(F)cc3)cc2[nH]1.COC(=O)Nc1nc2ccc(C(=O)c3ccc(F)cc3)cc2[nH]1.COC(=O)Nc1nc2ccc(C(=O)c3ccc(F)cc3)cc2[nH]1. The van der Waals surface area contributed by atoms with Crippen molar-refractivity contribution in [3.05, 3.63) is 178 Å². The number of H-pyrrole nitrogens is 3. The molecule has 0 aliphatic rings. The van der Waals surface area contributed by atoms with Crippen LogP contribution in [0, 0.1) is 17.5 Å². The molecule has 0 unspecified atom stereocenters. The normalized spacial score (nSPS) is 10.5. The summed E-state index contributed by atoms with van der Waals surface area (Å²) in [5.74, 6) is -1.23. The van der Waals surface area contributed by atoms with Crippen LogP contribution in [0.1, 0.15) is 47.8 Å². The topological polar surface area (TPSA) is 252 Å². The summed E-state index contributed by atoms with van der Waals surface area (Å²) in [5, 5.41) is 7.24. The van der Waals surface area contributed by atoms with E-state index in [9.17, 15) is 41.9 Å². The third-order valence-corrected chi connectivity index (χ3v) is 9.77. The number of aromatic nitrogens is 6. The first kappa shape index (κ1) is 47.3. The van der Waals surface area contributed by atoms with Crippen LogP contribution in [-0.2, 0) is 14.2 Å². The number of aromatic amines is 3. The molecule has 9 rings (SSSR count). The summed E-state index contributed by atoms with van der Waals surface area (Å²) in [5.41, 5.74) is 5.98. The lowest BCUT2D eigenvalue weighted by molar-refractivity contribution is 0.103. The van der Waals surface area contributed by atoms with E-state index in [0.29, 0.717) is 66.5 Å². The van der Waals surface area contributed by atoms with E-state index in [1.54, 1.807) is 54.6 Å². The van der Waals surface area contributed by atoms with Gasteiger partial charge in [-0.25, -0.2) is 42.5 Å². The first-order valence-electron chi connectivity index (χ1n) is 20.1. The number of anilines is 3. The number of carbonyl (C=O) groups is 6. The Kier molecular flexibility index (Phi) is 14.5. The fraction of sp³-hybridized carbons (Fsp3) is 0.0625. The van der Waals surface area contributed by atoms with Gasteiger partial charge >= 0.3 is 18.3 Å². The minimum atomic E-state index is -0.647. The Morgan fingerprint density at radius 3 is 0.841 bits per heavy atom. The standard InChI is InChI=1S/3C16H12FN3O3/c3*1-23-16(22)20-15-18-12-7-4-10(8-13(12)19-15)14(21)9-2-5-11(17)6-3-9/h3*2-8H,1H3,(H2,18,19,20,22). The molecule has 18 nitrogen and oxygen atoms in total. The van der Waals surface area contributed by atoms with E-state index >= 15 is 0 Å². The quantitative estimate of drug-likeness (QED) is 0.0585. The zero-order valence-corrected chi connectivity index (χ0v) is 36.3. The van der Waals surface area contributed by atoms with Gasteiger partial charge < -0.3 is 29.2 Å². The van der Waals surface area contributed by atoms with Crippen molar-refractivity contribution in [1.29, 1.82) is 0 Å². The number of ketones is 3. The van der Waals surface area contributed by atoms with Gasteiger partial charge in [0.1, 0.15) is 17.5 Å². The number of hydrogen-bond donors (Lipinski definition) is 6. The fourth-order valence-corrected chi connectivity index (χ4v) is 6.38. The molecule has 6 N–H and O–H groups in total. The number of fused-ring (bicyclic) bond motifs is 3. The smallest absolute Gasteiger partial charge is 0.413 e. The van der Waals surface area contributed by atoms with E-state index in [0.717, 1.165) is 0 Å². The Hall–Kier alpha value is -9.66. The van der Waals surface area contributed by atoms with Crippen LogP contribution in [0.5, 0.6) is 0 Å². The highest BCUT2D eigenvalue weighted by Crippen LogP contribution is 2.22. The summed E-state index contributed by atoms with van der Waals surface area (Å²) in [7, 11) is 3.74. The van der Waals surface area contributed by atoms with Gasteiger partial charge in [-0.1, -0.05) is 0 Å². The molecular weight excluding hydrogens is 904 g/mol. The molecule has 0 fully saturated rings. The maximum Gasteiger partial charge on any atom is 0.413 e. The summed E-state index contributed by atoms with van der Waals surface area (Å²) < 4.78 is 52.2. The average Bonchev–Trinajstić information content (AvgIpc) is 4.09. The summed E-state index contributed by atoms with van der Waals surface area (Å²) in [6, 6.07) is 30.7. The largest absolute Gasteiger partial charge is 0.453 e. The molecule has 0 aliphatic heterocycles. The molecule has 21 heteroatoms. The summed E-state index contributed by atoms with van der Waals surface area (Å²) in [6.45, 7) is 0. The Morgan fingerprint density at radius 1 is 0.377 bits per heavy atom. The van der Waals surface area contributed by atoms with Gasteiger partial charge in [-0.3, -0.25) is 30.3 Å². The predicted octanol–water partition coefficient (Wildman–Crippen LogP) is 9.33. The number of carbonyl (C=O) groups excluding carboxylic acids is 6. The number of benzene rings is 6. The van der Waals surface area contributed by atoms with Gasteiger partial charge in [0.15, 0.2) is 17.3 Å². The number of halogens is 3. The van der Waals surface area contributed by atoms with Crippen LogP contribution in [0.3, 0.4) is 0 Å². The second kappa shape index (κ2) is 21.1. The van der Waals surface area contributed by atoms with Crippen molar-refractivity contribution in [3.8, 4) is 0 Å². The highest BCUT2D eigenvalue weighted by Gasteiger charge is 2.16. The second-order valence-electron chi connectivity index (χ2n) is 14.3. The zero-order chi connectivity index (χ0) is 49.2. The predicted molar refractivity (Wildman–Crippen MR) is 246 cm³/mol. The Bertz CT molecular complexity index is 3020. The number of ether oxygens (including phenoxy) is 3. The highest BCUT2D eigenvalue weighted by atomic mass is 19.1. The van der Waals surface area contributed by atoms with Crippen LogP contribution in [-0.4, -0.2) is 86.9 Å². The van der Waals surface area contributed by atoms with Crippen molar-refractivity contribution in [2.45, 2.75) is 0 Å². The molecule has 0 atom stereocenters. The van der Waals surface area contributed by atoms with Gasteiger partial charge in [-0.15, -0.1) is 0 Å². The third kappa shape index (κ3) is 11.8. The monoisotopic (exact) mass is 939 g/mol. The number of rotatable bonds is 9. The molecule has 348 valence electrons. The number of hydrogen-bond acceptors (Lipinski definition) is 12. The molecule has 0 saturated carbocycles. The number of imidazole rings is 3. The third-order valence-electron chi connectivity index (χ3n) is 9.77. The lowest BCUT2D eigenvalue weighted by Crippen LogP contribution is -2.11. The van der Waals surface area contributed by atoms with Crippen LogP contribution in [0.2, 0.25) is 0 Å². The molecule has 6 aromatic carbocycles. The van der Waals surface area contributed by atoms with Crippen LogP contribution in [0.4, 0.5) is 45.4 Å². The first-order chi connectivity index (χ1) is 33.2. The molecule has 9 aromatic rings. The maximum atomic E-state index is 12.9. The highest BCUT2D eigenvalue weighted by molar-refractivity contribution is 6.12. The van der Waals surface area contributed by atoms with Crippen molar-refractivity contribution in [3.63, 3.8) is 0 Å². The summed E-state index contributed by atoms with van der Waals surface area (Å²) in [4.78, 5) is 91.8. The molecular formula is C48H36F3N9O9. The van der Waals surface area contributed by atoms with Crippen LogP contribution >= 0.6 is 0 Å². The summed E-state index contributed by atoms with van der Waals surface area (Å²) >= 11 is 0. The van der Waals surface area contributed by atoms with E-state index in [-0.39, 0.29) is 35.2 Å². The Morgan fingerprint density at radius 2 is 0.609 bits per heavy atom. The van der Waals surface area contributed by atoms with Crippen LogP contribution in [0.15, 0.2) is 127 Å². The lowest BCUT2D eigenvalue weighted by atomic mass is 10.0. The van der Waals surface area contributed by atoms with Crippen molar-refractivity contribution in [2.75, 3.05) is 37.3 Å². The molecule has 3 heterocycles. The van der Waals surface area contributed by atoms with Crippen molar-refractivity contribution < 1.29 is 56.1 Å². The molecule has 69 heavy (non-hydrogen) atoms. The van der Waals surface area contributed by atoms with E-state index in [4.69, 9.17) is 0 Å². The van der Waals surface area contributed by atoms with E-state index in [1.165, 1.54) is 94.1 Å². The van der Waals surface area contributed by atoms with Gasteiger partial charge in [0.05, 0.1) is 54.4 Å². The van der Waals surface area contributed by atoms with Crippen LogP contribution < -0.4 is 16.0 Å². The minimum absolute atomic E-state index is 0.221. The van der Waals surface area contributed by atoms with E-state index in [1.807, 2.05) is 0 Å². The average molecular weight is 940 g/mol. The molecule has 0 spiro atoms. The van der Waals surface area contributed by atoms with Crippen molar-refractivity contribution >= 4 is 86.6 Å². The van der Waals surface area contributed by atoms with Crippen LogP contribution in [0.25, 0.3) is 33.1 Å². The van der Waals surface area contributed by atoms with Gasteiger partial charge in [-0.2, -0.15) is 0 Å². The maximum absolute atomic E-state index is 12.9. The molecule has 0 bridgehead atoms.